The van der Waals surface area contributed by atoms with Crippen LogP contribution in [-0.2, 0) is 11.3 Å². The predicted molar refractivity (Wildman–Crippen MR) is 66.1 cm³/mol. The molecule has 1 atom stereocenters. The molecule has 1 aromatic heterocycles. The second-order valence-corrected chi connectivity index (χ2v) is 3.92. The standard InChI is InChI=1S/C11H20N4O3/c1-18-7-9(2-5-16)14-11(17)10-6-15(4-3-12)8-13-10/h6,8-9,16H,2-5,7,12H2,1H3,(H,14,17). The lowest BCUT2D eigenvalue weighted by Gasteiger charge is -2.15. The molecule has 0 saturated heterocycles. The highest BCUT2D eigenvalue weighted by Crippen LogP contribution is 1.99. The number of carbonyl (C=O) groups is 1. The van der Waals surface area contributed by atoms with Crippen LogP contribution in [-0.4, -0.2) is 53.5 Å². The lowest BCUT2D eigenvalue weighted by atomic mass is 10.2. The van der Waals surface area contributed by atoms with Gasteiger partial charge in [-0.15, -0.1) is 0 Å². The topological polar surface area (TPSA) is 102 Å². The molecule has 1 unspecified atom stereocenters. The summed E-state index contributed by atoms with van der Waals surface area (Å²) in [6.07, 6.45) is 3.66. The van der Waals surface area contributed by atoms with E-state index >= 15 is 0 Å². The minimum Gasteiger partial charge on any atom is -0.396 e. The Bertz CT molecular complexity index is 361. The third kappa shape index (κ3) is 4.44. The first-order valence-electron chi connectivity index (χ1n) is 5.83. The van der Waals surface area contributed by atoms with Gasteiger partial charge in [0, 0.05) is 33.0 Å². The van der Waals surface area contributed by atoms with Crippen molar-refractivity contribution in [2.24, 2.45) is 5.73 Å². The van der Waals surface area contributed by atoms with Crippen LogP contribution in [0.25, 0.3) is 0 Å². The Balaban J connectivity index is 2.56. The average molecular weight is 256 g/mol. The Kier molecular flexibility index (Phi) is 6.34. The molecule has 0 fully saturated rings. The van der Waals surface area contributed by atoms with Gasteiger partial charge in [0.05, 0.1) is 19.0 Å². The zero-order valence-electron chi connectivity index (χ0n) is 10.5. The molecule has 0 bridgehead atoms. The Labute approximate surface area is 106 Å². The van der Waals surface area contributed by atoms with Gasteiger partial charge in [-0.25, -0.2) is 4.98 Å². The zero-order chi connectivity index (χ0) is 13.4. The Morgan fingerprint density at radius 3 is 3.11 bits per heavy atom. The Hall–Kier alpha value is -1.44. The summed E-state index contributed by atoms with van der Waals surface area (Å²) in [5, 5.41) is 11.6. The second kappa shape index (κ2) is 7.80. The molecule has 1 heterocycles. The van der Waals surface area contributed by atoms with E-state index < -0.39 is 0 Å². The number of aliphatic hydroxyl groups is 1. The van der Waals surface area contributed by atoms with Crippen LogP contribution >= 0.6 is 0 Å². The van der Waals surface area contributed by atoms with Crippen LogP contribution in [0.2, 0.25) is 0 Å². The molecule has 4 N–H and O–H groups in total. The summed E-state index contributed by atoms with van der Waals surface area (Å²) in [6.45, 7) is 1.47. The van der Waals surface area contributed by atoms with E-state index in [-0.39, 0.29) is 18.6 Å². The van der Waals surface area contributed by atoms with Gasteiger partial charge in [-0.2, -0.15) is 0 Å². The molecular weight excluding hydrogens is 236 g/mol. The van der Waals surface area contributed by atoms with Crippen LogP contribution < -0.4 is 11.1 Å². The number of nitrogens with one attached hydrogen (secondary N) is 1. The molecule has 0 spiro atoms. The summed E-state index contributed by atoms with van der Waals surface area (Å²) in [5.41, 5.74) is 5.75. The van der Waals surface area contributed by atoms with E-state index in [4.69, 9.17) is 15.6 Å². The van der Waals surface area contributed by atoms with Gasteiger partial charge < -0.3 is 25.5 Å². The molecular formula is C11H20N4O3. The van der Waals surface area contributed by atoms with Gasteiger partial charge in [0.25, 0.3) is 5.91 Å². The van der Waals surface area contributed by atoms with E-state index in [1.54, 1.807) is 24.2 Å². The van der Waals surface area contributed by atoms with Gasteiger partial charge in [-0.3, -0.25) is 4.79 Å². The largest absolute Gasteiger partial charge is 0.396 e. The van der Waals surface area contributed by atoms with Crippen molar-refractivity contribution in [3.8, 4) is 0 Å². The maximum atomic E-state index is 11.9. The van der Waals surface area contributed by atoms with E-state index in [1.807, 2.05) is 0 Å². The van der Waals surface area contributed by atoms with Crippen molar-refractivity contribution >= 4 is 5.91 Å². The molecule has 0 aromatic carbocycles. The van der Waals surface area contributed by atoms with Crippen LogP contribution in [0.4, 0.5) is 0 Å². The zero-order valence-corrected chi connectivity index (χ0v) is 10.5. The average Bonchev–Trinajstić information content (AvgIpc) is 2.79. The summed E-state index contributed by atoms with van der Waals surface area (Å²) in [7, 11) is 1.55. The summed E-state index contributed by atoms with van der Waals surface area (Å²) in [5.74, 6) is -0.277. The molecule has 18 heavy (non-hydrogen) atoms. The van der Waals surface area contributed by atoms with E-state index in [1.165, 1.54) is 0 Å². The quantitative estimate of drug-likeness (QED) is 0.552. The van der Waals surface area contributed by atoms with Crippen molar-refractivity contribution in [3.05, 3.63) is 18.2 Å². The van der Waals surface area contributed by atoms with Crippen LogP contribution in [0.1, 0.15) is 16.9 Å². The molecule has 0 aliphatic heterocycles. The highest BCUT2D eigenvalue weighted by molar-refractivity contribution is 5.92. The third-order valence-electron chi connectivity index (χ3n) is 2.43. The second-order valence-electron chi connectivity index (χ2n) is 3.92. The maximum absolute atomic E-state index is 11.9. The smallest absolute Gasteiger partial charge is 0.271 e. The van der Waals surface area contributed by atoms with Crippen molar-refractivity contribution in [3.63, 3.8) is 0 Å². The van der Waals surface area contributed by atoms with E-state index in [2.05, 4.69) is 10.3 Å². The minimum absolute atomic E-state index is 0.00405. The molecule has 1 rings (SSSR count). The highest BCUT2D eigenvalue weighted by atomic mass is 16.5. The first-order valence-corrected chi connectivity index (χ1v) is 5.83. The normalized spacial score (nSPS) is 12.4. The molecule has 102 valence electrons. The summed E-state index contributed by atoms with van der Waals surface area (Å²) in [6, 6.07) is -0.216. The molecule has 0 aliphatic carbocycles. The van der Waals surface area contributed by atoms with E-state index in [0.717, 1.165) is 0 Å². The Morgan fingerprint density at radius 2 is 2.50 bits per heavy atom. The number of hydrogen-bond donors (Lipinski definition) is 3. The summed E-state index contributed by atoms with van der Waals surface area (Å²) >= 11 is 0. The number of aliphatic hydroxyl groups excluding tert-OH is 1. The first-order chi connectivity index (χ1) is 8.71. The van der Waals surface area contributed by atoms with Crippen LogP contribution in [0.15, 0.2) is 12.5 Å². The van der Waals surface area contributed by atoms with Crippen molar-refractivity contribution in [2.75, 3.05) is 26.9 Å². The van der Waals surface area contributed by atoms with Gasteiger partial charge in [0.15, 0.2) is 0 Å². The van der Waals surface area contributed by atoms with Gasteiger partial charge in [0.1, 0.15) is 5.69 Å². The number of rotatable bonds is 8. The summed E-state index contributed by atoms with van der Waals surface area (Å²) < 4.78 is 6.73. The molecule has 7 nitrogen and oxygen atoms in total. The molecule has 0 aliphatic rings. The van der Waals surface area contributed by atoms with Crippen LogP contribution in [0, 0.1) is 0 Å². The van der Waals surface area contributed by atoms with E-state index in [0.29, 0.717) is 31.8 Å². The minimum atomic E-state index is -0.277. The number of methoxy groups -OCH3 is 1. The third-order valence-corrected chi connectivity index (χ3v) is 2.43. The fourth-order valence-corrected chi connectivity index (χ4v) is 1.56. The predicted octanol–water partition coefficient (Wildman–Crippen LogP) is -1.03. The molecule has 1 aromatic rings. The number of hydrogen-bond acceptors (Lipinski definition) is 5. The van der Waals surface area contributed by atoms with Crippen molar-refractivity contribution < 1.29 is 14.6 Å². The summed E-state index contributed by atoms with van der Waals surface area (Å²) in [4.78, 5) is 15.9. The number of nitrogens with two attached hydrogens (primary N) is 1. The number of imidazole rings is 1. The first kappa shape index (κ1) is 14.6. The number of aromatic nitrogens is 2. The van der Waals surface area contributed by atoms with Gasteiger partial charge in [-0.1, -0.05) is 0 Å². The Morgan fingerprint density at radius 1 is 1.72 bits per heavy atom. The SMILES string of the molecule is COCC(CCO)NC(=O)c1cn(CCN)cn1. The van der Waals surface area contributed by atoms with Crippen molar-refractivity contribution in [1.82, 2.24) is 14.9 Å². The van der Waals surface area contributed by atoms with Crippen molar-refractivity contribution in [2.45, 2.75) is 19.0 Å². The number of ether oxygens (including phenoxy) is 1. The fraction of sp³-hybridized carbons (Fsp3) is 0.636. The lowest BCUT2D eigenvalue weighted by molar-refractivity contribution is 0.0874. The van der Waals surface area contributed by atoms with Gasteiger partial charge >= 0.3 is 0 Å². The maximum Gasteiger partial charge on any atom is 0.271 e. The molecule has 0 saturated carbocycles. The molecule has 1 amide bonds. The number of amides is 1. The van der Waals surface area contributed by atoms with Crippen LogP contribution in [0.5, 0.6) is 0 Å². The number of nitrogens with zero attached hydrogens (tertiary/aromatic N) is 2. The molecule has 7 heteroatoms. The van der Waals surface area contributed by atoms with Crippen LogP contribution in [0.3, 0.4) is 0 Å². The number of carbonyl (C=O) groups excluding carboxylic acids is 1. The lowest BCUT2D eigenvalue weighted by Crippen LogP contribution is -2.38. The van der Waals surface area contributed by atoms with E-state index in [9.17, 15) is 4.79 Å². The van der Waals surface area contributed by atoms with Gasteiger partial charge in [-0.05, 0) is 6.42 Å². The van der Waals surface area contributed by atoms with Gasteiger partial charge in [0.2, 0.25) is 0 Å². The molecule has 0 radical (unpaired) electrons. The fourth-order valence-electron chi connectivity index (χ4n) is 1.56. The van der Waals surface area contributed by atoms with Crippen molar-refractivity contribution in [1.29, 1.82) is 0 Å². The highest BCUT2D eigenvalue weighted by Gasteiger charge is 2.15. The monoisotopic (exact) mass is 256 g/mol.